The maximum Gasteiger partial charge on any atom is 0.317 e. The Morgan fingerprint density at radius 3 is 2.36 bits per heavy atom. The molecule has 0 atom stereocenters. The normalized spacial score (nSPS) is 19.5. The van der Waals surface area contributed by atoms with Crippen LogP contribution >= 0.6 is 12.4 Å². The molecule has 1 heterocycles. The van der Waals surface area contributed by atoms with Crippen LogP contribution in [0.3, 0.4) is 0 Å². The van der Waals surface area contributed by atoms with Crippen LogP contribution < -0.4 is 5.73 Å². The molecule has 2 N–H and O–H groups in total. The van der Waals surface area contributed by atoms with Gasteiger partial charge in [-0.15, -0.1) is 12.4 Å². The van der Waals surface area contributed by atoms with Crippen molar-refractivity contribution in [1.29, 1.82) is 0 Å². The van der Waals surface area contributed by atoms with E-state index < -0.39 is 5.41 Å². The van der Waals surface area contributed by atoms with Crippen molar-refractivity contribution in [2.75, 3.05) is 26.9 Å². The fourth-order valence-electron chi connectivity index (χ4n) is 0.884. The molecule has 0 aromatic carbocycles. The van der Waals surface area contributed by atoms with E-state index in [-0.39, 0.29) is 18.4 Å². The van der Waals surface area contributed by atoms with Crippen molar-refractivity contribution in [3.05, 3.63) is 0 Å². The molecule has 0 radical (unpaired) electrons. The fraction of sp³-hybridized carbons (Fsp3) is 0.833. The number of methoxy groups -OCH3 is 1. The largest absolute Gasteiger partial charge is 0.468 e. The zero-order chi connectivity index (χ0) is 7.61. The zero-order valence-corrected chi connectivity index (χ0v) is 7.15. The maximum absolute atomic E-state index is 11.0. The van der Waals surface area contributed by atoms with Crippen LogP contribution in [0, 0.1) is 5.41 Å². The number of halogens is 1. The topological polar surface area (TPSA) is 61.5 Å². The van der Waals surface area contributed by atoms with Crippen LogP contribution in [0.2, 0.25) is 0 Å². The van der Waals surface area contributed by atoms with Crippen molar-refractivity contribution in [3.63, 3.8) is 0 Å². The lowest BCUT2D eigenvalue weighted by molar-refractivity contribution is -0.180. The molecule has 1 aliphatic heterocycles. The van der Waals surface area contributed by atoms with Gasteiger partial charge in [0.15, 0.2) is 0 Å². The summed E-state index contributed by atoms with van der Waals surface area (Å²) in [6, 6.07) is 0. The Morgan fingerprint density at radius 2 is 2.27 bits per heavy atom. The molecule has 0 aliphatic carbocycles. The molecule has 0 unspecified atom stereocenters. The Hall–Kier alpha value is -0.320. The second-order valence-electron chi connectivity index (χ2n) is 2.47. The van der Waals surface area contributed by atoms with Crippen LogP contribution in [0.5, 0.6) is 0 Å². The molecule has 66 valence electrons. The molecule has 0 aromatic heterocycles. The fourth-order valence-corrected chi connectivity index (χ4v) is 0.884. The van der Waals surface area contributed by atoms with E-state index in [4.69, 9.17) is 10.5 Å². The first-order valence-electron chi connectivity index (χ1n) is 3.11. The summed E-state index contributed by atoms with van der Waals surface area (Å²) in [7, 11) is 1.36. The lowest BCUT2D eigenvalue weighted by Gasteiger charge is -2.37. The quantitative estimate of drug-likeness (QED) is 0.587. The first kappa shape index (κ1) is 10.7. The van der Waals surface area contributed by atoms with Gasteiger partial charge in [-0.05, 0) is 0 Å². The SMILES string of the molecule is COC(=O)C1(CN)COC1.Cl. The highest BCUT2D eigenvalue weighted by Crippen LogP contribution is 2.26. The number of hydrogen-bond acceptors (Lipinski definition) is 4. The number of carbonyl (C=O) groups is 1. The van der Waals surface area contributed by atoms with Gasteiger partial charge in [0.2, 0.25) is 0 Å². The summed E-state index contributed by atoms with van der Waals surface area (Å²) in [5.41, 5.74) is 4.83. The molecule has 1 rings (SSSR count). The second kappa shape index (κ2) is 3.90. The van der Waals surface area contributed by atoms with Crippen molar-refractivity contribution in [2.24, 2.45) is 11.1 Å². The van der Waals surface area contributed by atoms with E-state index >= 15 is 0 Å². The van der Waals surface area contributed by atoms with Gasteiger partial charge in [-0.3, -0.25) is 4.79 Å². The summed E-state index contributed by atoms with van der Waals surface area (Å²) in [6.07, 6.45) is 0. The standard InChI is InChI=1S/C6H11NO3.ClH/c1-9-5(8)6(2-7)3-10-4-6;/h2-4,7H2,1H3;1H. The van der Waals surface area contributed by atoms with Crippen molar-refractivity contribution >= 4 is 18.4 Å². The van der Waals surface area contributed by atoms with E-state index in [1.54, 1.807) is 0 Å². The summed E-state index contributed by atoms with van der Waals surface area (Å²) < 4.78 is 9.42. The van der Waals surface area contributed by atoms with Crippen LogP contribution in [-0.2, 0) is 14.3 Å². The molecule has 0 amide bonds. The number of carbonyl (C=O) groups excluding carboxylic acids is 1. The number of ether oxygens (including phenoxy) is 2. The number of esters is 1. The van der Waals surface area contributed by atoms with E-state index in [2.05, 4.69) is 4.74 Å². The average Bonchev–Trinajstić information content (AvgIpc) is 1.86. The second-order valence-corrected chi connectivity index (χ2v) is 2.47. The number of hydrogen-bond donors (Lipinski definition) is 1. The van der Waals surface area contributed by atoms with E-state index in [1.165, 1.54) is 7.11 Å². The van der Waals surface area contributed by atoms with Gasteiger partial charge in [0.1, 0.15) is 5.41 Å². The first-order chi connectivity index (χ1) is 4.75. The predicted octanol–water partition coefficient (Wildman–Crippen LogP) is -0.444. The molecule has 11 heavy (non-hydrogen) atoms. The highest BCUT2D eigenvalue weighted by molar-refractivity contribution is 5.85. The van der Waals surface area contributed by atoms with Crippen LogP contribution in [0.25, 0.3) is 0 Å². The molecular formula is C6H12ClNO3. The maximum atomic E-state index is 11.0. The molecule has 0 bridgehead atoms. The van der Waals surface area contributed by atoms with E-state index in [1.807, 2.05) is 0 Å². The minimum atomic E-state index is -0.533. The van der Waals surface area contributed by atoms with Gasteiger partial charge in [0, 0.05) is 6.54 Å². The molecule has 1 aliphatic rings. The molecule has 0 spiro atoms. The summed E-state index contributed by atoms with van der Waals surface area (Å²) in [4.78, 5) is 11.0. The molecule has 0 aromatic rings. The highest BCUT2D eigenvalue weighted by atomic mass is 35.5. The van der Waals surface area contributed by atoms with Gasteiger partial charge in [0.05, 0.1) is 20.3 Å². The summed E-state index contributed by atoms with van der Waals surface area (Å²) in [5.74, 6) is -0.263. The van der Waals surface area contributed by atoms with Gasteiger partial charge in [-0.25, -0.2) is 0 Å². The zero-order valence-electron chi connectivity index (χ0n) is 6.33. The third-order valence-electron chi connectivity index (χ3n) is 1.77. The third kappa shape index (κ3) is 1.64. The molecule has 1 fully saturated rings. The van der Waals surface area contributed by atoms with Gasteiger partial charge in [-0.1, -0.05) is 0 Å². The van der Waals surface area contributed by atoms with E-state index in [9.17, 15) is 4.79 Å². The Bertz CT molecular complexity index is 141. The average molecular weight is 182 g/mol. The molecule has 5 heteroatoms. The Morgan fingerprint density at radius 1 is 1.73 bits per heavy atom. The van der Waals surface area contributed by atoms with Gasteiger partial charge >= 0.3 is 5.97 Å². The van der Waals surface area contributed by atoms with Crippen molar-refractivity contribution in [2.45, 2.75) is 0 Å². The van der Waals surface area contributed by atoms with Crippen LogP contribution in [-0.4, -0.2) is 32.8 Å². The van der Waals surface area contributed by atoms with E-state index in [0.717, 1.165) is 0 Å². The summed E-state index contributed by atoms with van der Waals surface area (Å²) >= 11 is 0. The smallest absolute Gasteiger partial charge is 0.317 e. The van der Waals surface area contributed by atoms with Crippen LogP contribution in [0.4, 0.5) is 0 Å². The monoisotopic (exact) mass is 181 g/mol. The Labute approximate surface area is 71.4 Å². The van der Waals surface area contributed by atoms with Crippen LogP contribution in [0.15, 0.2) is 0 Å². The number of rotatable bonds is 2. The van der Waals surface area contributed by atoms with Gasteiger partial charge in [0.25, 0.3) is 0 Å². The Kier molecular flexibility index (Phi) is 3.78. The predicted molar refractivity (Wildman–Crippen MR) is 41.6 cm³/mol. The highest BCUT2D eigenvalue weighted by Gasteiger charge is 2.45. The van der Waals surface area contributed by atoms with Crippen LogP contribution in [0.1, 0.15) is 0 Å². The molecule has 1 saturated heterocycles. The summed E-state index contributed by atoms with van der Waals surface area (Å²) in [6.45, 7) is 1.10. The van der Waals surface area contributed by atoms with Gasteiger partial charge in [-0.2, -0.15) is 0 Å². The summed E-state index contributed by atoms with van der Waals surface area (Å²) in [5, 5.41) is 0. The van der Waals surface area contributed by atoms with Crippen molar-refractivity contribution in [3.8, 4) is 0 Å². The minimum absolute atomic E-state index is 0. The van der Waals surface area contributed by atoms with Crippen molar-refractivity contribution in [1.82, 2.24) is 0 Å². The Balaban J connectivity index is 0.000001000. The molecule has 4 nitrogen and oxygen atoms in total. The molecule has 0 saturated carbocycles. The first-order valence-corrected chi connectivity index (χ1v) is 3.11. The lowest BCUT2D eigenvalue weighted by atomic mass is 9.86. The molecular weight excluding hydrogens is 170 g/mol. The number of nitrogens with two attached hydrogens (primary N) is 1. The third-order valence-corrected chi connectivity index (χ3v) is 1.77. The van der Waals surface area contributed by atoms with E-state index in [0.29, 0.717) is 19.8 Å². The lowest BCUT2D eigenvalue weighted by Crippen LogP contribution is -2.54. The minimum Gasteiger partial charge on any atom is -0.468 e. The van der Waals surface area contributed by atoms with Gasteiger partial charge < -0.3 is 15.2 Å². The van der Waals surface area contributed by atoms with Crippen molar-refractivity contribution < 1.29 is 14.3 Å².